The lowest BCUT2D eigenvalue weighted by atomic mass is 10.1. The third kappa shape index (κ3) is 6.87. The topological polar surface area (TPSA) is 66.7 Å². The Bertz CT molecular complexity index is 750. The first-order chi connectivity index (χ1) is 14.1. The van der Waals surface area contributed by atoms with Crippen LogP contribution in [0.4, 0.5) is 0 Å². The highest BCUT2D eigenvalue weighted by atomic mass is 16.5. The Morgan fingerprint density at radius 3 is 2.59 bits per heavy atom. The Morgan fingerprint density at radius 1 is 1.14 bits per heavy atom. The summed E-state index contributed by atoms with van der Waals surface area (Å²) in [6.07, 6.45) is 5.36. The lowest BCUT2D eigenvalue weighted by molar-refractivity contribution is -0.0705. The molecule has 1 aromatic heterocycles. The van der Waals surface area contributed by atoms with Gasteiger partial charge in [0.25, 0.3) is 0 Å². The molecule has 1 saturated heterocycles. The molecule has 1 aliphatic rings. The van der Waals surface area contributed by atoms with E-state index in [0.29, 0.717) is 0 Å². The van der Waals surface area contributed by atoms with Crippen molar-refractivity contribution in [2.75, 3.05) is 26.7 Å². The molecule has 29 heavy (non-hydrogen) atoms. The highest BCUT2D eigenvalue weighted by molar-refractivity contribution is 5.79. The molecule has 0 spiro atoms. The van der Waals surface area contributed by atoms with Crippen LogP contribution in [0.25, 0.3) is 0 Å². The average molecular weight is 399 g/mol. The molecule has 2 heterocycles. The van der Waals surface area contributed by atoms with Crippen LogP contribution in [-0.4, -0.2) is 59.5 Å². The summed E-state index contributed by atoms with van der Waals surface area (Å²) in [5.74, 6) is 0.828. The van der Waals surface area contributed by atoms with Crippen LogP contribution in [0, 0.1) is 0 Å². The van der Waals surface area contributed by atoms with Gasteiger partial charge >= 0.3 is 0 Å². The van der Waals surface area contributed by atoms with Crippen molar-refractivity contribution in [3.05, 3.63) is 53.9 Å². The van der Waals surface area contributed by atoms with Crippen LogP contribution in [0.1, 0.15) is 31.4 Å². The zero-order valence-corrected chi connectivity index (χ0v) is 17.8. The van der Waals surface area contributed by atoms with E-state index in [4.69, 9.17) is 4.74 Å². The van der Waals surface area contributed by atoms with Crippen molar-refractivity contribution in [1.29, 1.82) is 0 Å². The number of nitrogens with one attached hydrogen (secondary N) is 2. The number of hydrogen-bond acceptors (Lipinski definition) is 4. The molecule has 1 fully saturated rings. The second kappa shape index (κ2) is 11.0. The molecule has 158 valence electrons. The molecule has 1 aromatic carbocycles. The van der Waals surface area contributed by atoms with E-state index in [9.17, 15) is 0 Å². The monoisotopic (exact) mass is 398 g/mol. The van der Waals surface area contributed by atoms with E-state index >= 15 is 0 Å². The Kier molecular flexibility index (Phi) is 8.07. The van der Waals surface area contributed by atoms with Gasteiger partial charge in [-0.2, -0.15) is 5.10 Å². The first-order valence-corrected chi connectivity index (χ1v) is 10.5. The maximum Gasteiger partial charge on any atom is 0.191 e. The van der Waals surface area contributed by atoms with Gasteiger partial charge in [-0.3, -0.25) is 14.6 Å². The summed E-state index contributed by atoms with van der Waals surface area (Å²) < 4.78 is 7.81. The number of nitrogens with zero attached hydrogens (tertiary/aromatic N) is 4. The summed E-state index contributed by atoms with van der Waals surface area (Å²) >= 11 is 0. The first-order valence-electron chi connectivity index (χ1n) is 10.5. The minimum atomic E-state index is 0.286. The molecular formula is C22H34N6O. The van der Waals surface area contributed by atoms with Crippen molar-refractivity contribution in [1.82, 2.24) is 25.3 Å². The maximum absolute atomic E-state index is 5.86. The number of aromatic nitrogens is 2. The number of rotatable bonds is 8. The molecule has 0 amide bonds. The molecular weight excluding hydrogens is 364 g/mol. The lowest BCUT2D eigenvalue weighted by Crippen LogP contribution is -2.45. The van der Waals surface area contributed by atoms with Crippen molar-refractivity contribution < 1.29 is 4.74 Å². The van der Waals surface area contributed by atoms with Crippen LogP contribution >= 0.6 is 0 Å². The molecule has 0 radical (unpaired) electrons. The minimum Gasteiger partial charge on any atom is -0.373 e. The summed E-state index contributed by atoms with van der Waals surface area (Å²) in [6, 6.07) is 10.6. The summed E-state index contributed by atoms with van der Waals surface area (Å²) in [5, 5.41) is 11.1. The summed E-state index contributed by atoms with van der Waals surface area (Å²) in [5.41, 5.74) is 2.66. The number of aliphatic imine (C=N–C) groups is 1. The zero-order chi connectivity index (χ0) is 20.5. The summed E-state index contributed by atoms with van der Waals surface area (Å²) in [7, 11) is 1.81. The molecule has 2 atom stereocenters. The van der Waals surface area contributed by atoms with Crippen molar-refractivity contribution in [3.63, 3.8) is 0 Å². The number of benzene rings is 1. The number of aryl methyl sites for hydroxylation is 1. The maximum atomic E-state index is 5.86. The molecule has 7 nitrogen and oxygen atoms in total. The third-order valence-electron chi connectivity index (χ3n) is 5.09. The van der Waals surface area contributed by atoms with E-state index in [0.717, 1.165) is 51.6 Å². The molecule has 0 aliphatic carbocycles. The summed E-state index contributed by atoms with van der Waals surface area (Å²) in [4.78, 5) is 6.83. The molecule has 0 bridgehead atoms. The predicted octanol–water partition coefficient (Wildman–Crippen LogP) is 2.25. The van der Waals surface area contributed by atoms with Crippen molar-refractivity contribution >= 4 is 5.96 Å². The van der Waals surface area contributed by atoms with E-state index in [2.05, 4.69) is 63.7 Å². The van der Waals surface area contributed by atoms with Gasteiger partial charge in [-0.1, -0.05) is 24.3 Å². The fraction of sp³-hybridized carbons (Fsp3) is 0.545. The molecule has 1 aliphatic heterocycles. The highest BCUT2D eigenvalue weighted by Crippen LogP contribution is 2.17. The van der Waals surface area contributed by atoms with Gasteiger partial charge in [0.1, 0.15) is 0 Å². The minimum absolute atomic E-state index is 0.286. The van der Waals surface area contributed by atoms with E-state index < -0.39 is 0 Å². The van der Waals surface area contributed by atoms with Gasteiger partial charge in [0.05, 0.1) is 12.2 Å². The van der Waals surface area contributed by atoms with E-state index in [1.807, 2.05) is 30.2 Å². The van der Waals surface area contributed by atoms with Gasteiger partial charge in [-0.25, -0.2) is 0 Å². The van der Waals surface area contributed by atoms with Crippen molar-refractivity contribution in [3.8, 4) is 0 Å². The third-order valence-corrected chi connectivity index (χ3v) is 5.09. The van der Waals surface area contributed by atoms with Crippen molar-refractivity contribution in [2.24, 2.45) is 4.99 Å². The molecule has 7 heteroatoms. The largest absolute Gasteiger partial charge is 0.373 e. The number of morpholine rings is 1. The molecule has 2 aromatic rings. The molecule has 3 rings (SSSR count). The molecule has 2 N–H and O–H groups in total. The Morgan fingerprint density at radius 2 is 1.90 bits per heavy atom. The fourth-order valence-electron chi connectivity index (χ4n) is 3.82. The van der Waals surface area contributed by atoms with Gasteiger partial charge < -0.3 is 15.4 Å². The number of guanidine groups is 1. The van der Waals surface area contributed by atoms with Gasteiger partial charge in [0, 0.05) is 58.7 Å². The normalized spacial score (nSPS) is 20.6. The van der Waals surface area contributed by atoms with Crippen LogP contribution in [0.5, 0.6) is 0 Å². The first kappa shape index (κ1) is 21.3. The van der Waals surface area contributed by atoms with Crippen LogP contribution in [0.2, 0.25) is 0 Å². The van der Waals surface area contributed by atoms with E-state index in [1.165, 1.54) is 11.1 Å². The lowest BCUT2D eigenvalue weighted by Gasteiger charge is -2.35. The Hall–Kier alpha value is -2.38. The second-order valence-corrected chi connectivity index (χ2v) is 7.70. The van der Waals surface area contributed by atoms with Crippen molar-refractivity contribution in [2.45, 2.75) is 52.1 Å². The van der Waals surface area contributed by atoms with Gasteiger partial charge in [-0.15, -0.1) is 0 Å². The van der Waals surface area contributed by atoms with Gasteiger partial charge in [-0.05, 0) is 37.5 Å². The average Bonchev–Trinajstić information content (AvgIpc) is 3.21. The Labute approximate surface area is 174 Å². The van der Waals surface area contributed by atoms with Crippen LogP contribution in [0.15, 0.2) is 47.7 Å². The molecule has 2 unspecified atom stereocenters. The zero-order valence-electron chi connectivity index (χ0n) is 17.8. The van der Waals surface area contributed by atoms with Gasteiger partial charge in [0.15, 0.2) is 5.96 Å². The van der Waals surface area contributed by atoms with E-state index in [-0.39, 0.29) is 12.2 Å². The van der Waals surface area contributed by atoms with E-state index in [1.54, 1.807) is 0 Å². The fourth-order valence-corrected chi connectivity index (χ4v) is 3.82. The summed E-state index contributed by atoms with van der Waals surface area (Å²) in [6.45, 7) is 9.71. The predicted molar refractivity (Wildman–Crippen MR) is 117 cm³/mol. The van der Waals surface area contributed by atoms with Crippen LogP contribution < -0.4 is 10.6 Å². The van der Waals surface area contributed by atoms with Gasteiger partial charge in [0.2, 0.25) is 0 Å². The quantitative estimate of drug-likeness (QED) is 0.406. The smallest absolute Gasteiger partial charge is 0.191 e. The number of hydrogen-bond donors (Lipinski definition) is 2. The second-order valence-electron chi connectivity index (χ2n) is 7.70. The number of ether oxygens (including phenoxy) is 1. The highest BCUT2D eigenvalue weighted by Gasteiger charge is 2.22. The SMILES string of the molecule is CN=C(NCCCn1cccn1)NCc1ccccc1CN1CC(C)OC(C)C1. The standard InChI is InChI=1S/C22H34N6O/c1-18-15-27(16-19(2)29-18)17-21-9-5-4-8-20(21)14-25-22(23-3)24-10-6-12-28-13-7-11-26-28/h4-5,7-9,11,13,18-19H,6,10,12,14-17H2,1-3H3,(H2,23,24,25). The van der Waals surface area contributed by atoms with Crippen LogP contribution in [0.3, 0.4) is 0 Å². The molecule has 0 saturated carbocycles. The Balaban J connectivity index is 1.47. The van der Waals surface area contributed by atoms with Crippen LogP contribution in [-0.2, 0) is 24.4 Å².